The minimum atomic E-state index is -4.54. The Balaban J connectivity index is 0. The minimum Gasteiger partial charge on any atom is -0.355 e. The first kappa shape index (κ1) is 18.7. The fraction of sp³-hybridized carbons (Fsp3) is 0.421. The summed E-state index contributed by atoms with van der Waals surface area (Å²) >= 11 is 0. The molecule has 0 saturated carbocycles. The molecule has 158 valence electrons. The third-order valence-corrected chi connectivity index (χ3v) is 5.23. The molecule has 0 aromatic carbocycles. The molecule has 0 bridgehead atoms. The first-order valence-electron chi connectivity index (χ1n) is 9.26. The summed E-state index contributed by atoms with van der Waals surface area (Å²) in [5.74, 6) is 0.804. The lowest BCUT2D eigenvalue weighted by atomic mass is 9.99. The van der Waals surface area contributed by atoms with Crippen molar-refractivity contribution < 1.29 is 20.3 Å². The lowest BCUT2D eigenvalue weighted by molar-refractivity contribution is -0.137. The number of nitrogens with one attached hydrogen (secondary N) is 1. The summed E-state index contributed by atoms with van der Waals surface area (Å²) in [6.45, 7) is 3.37. The zero-order chi connectivity index (χ0) is 19.9. The van der Waals surface area contributed by atoms with Crippen LogP contribution >= 0.6 is 0 Å². The average Bonchev–Trinajstić information content (AvgIpc) is 3.25. The number of anilines is 1. The van der Waals surface area contributed by atoms with Crippen LogP contribution in [0.2, 0.25) is 0 Å². The number of halogens is 3. The first-order chi connectivity index (χ1) is 13.4. The number of nitrogens with zero attached hydrogens (tertiary/aromatic N) is 4. The Morgan fingerprint density at radius 3 is 2.86 bits per heavy atom. The van der Waals surface area contributed by atoms with Crippen molar-refractivity contribution in [2.75, 3.05) is 18.0 Å². The number of aromatic nitrogens is 4. The summed E-state index contributed by atoms with van der Waals surface area (Å²) in [5.41, 5.74) is 5.81. The zero-order valence-corrected chi connectivity index (χ0v) is 15.4. The van der Waals surface area contributed by atoms with Crippen LogP contribution in [0.15, 0.2) is 30.5 Å². The van der Waals surface area contributed by atoms with Gasteiger partial charge in [0.25, 0.3) is 0 Å². The second-order valence-electron chi connectivity index (χ2n) is 7.15. The van der Waals surface area contributed by atoms with Crippen LogP contribution in [-0.2, 0) is 6.18 Å². The number of fused-ring (bicyclic) bond motifs is 1. The maximum Gasteiger partial charge on any atom is 0.418 e. The van der Waals surface area contributed by atoms with Crippen LogP contribution in [0.5, 0.6) is 0 Å². The van der Waals surface area contributed by atoms with Crippen molar-refractivity contribution in [1.29, 1.82) is 0 Å². The van der Waals surface area contributed by atoms with Crippen LogP contribution in [0.1, 0.15) is 32.5 Å². The molecule has 4 rings (SSSR count). The van der Waals surface area contributed by atoms with Gasteiger partial charge in [-0.05, 0) is 36.6 Å². The van der Waals surface area contributed by atoms with E-state index in [-0.39, 0.29) is 24.6 Å². The summed E-state index contributed by atoms with van der Waals surface area (Å²) in [4.78, 5) is 10.4. The number of H-pyrrole nitrogens is 1. The molecule has 3 aromatic heterocycles. The fourth-order valence-corrected chi connectivity index (χ4v) is 3.83. The lowest BCUT2D eigenvalue weighted by Gasteiger charge is -2.20. The van der Waals surface area contributed by atoms with E-state index in [1.165, 1.54) is 6.07 Å². The summed E-state index contributed by atoms with van der Waals surface area (Å²) < 4.78 is 41.0. The monoisotopic (exact) mass is 400 g/mol. The van der Waals surface area contributed by atoms with Crippen LogP contribution in [-0.4, -0.2) is 39.3 Å². The van der Waals surface area contributed by atoms with Crippen LogP contribution in [0.3, 0.4) is 0 Å². The van der Waals surface area contributed by atoms with E-state index in [2.05, 4.69) is 27.1 Å². The SMILES string of the molecule is CCC[C@H]1CN(c2ccc(C(F)(F)F)c(-c3[nH]nc4ncccc34)n2)C[C@H]1N.[HH].[HH].[HH].[HH].[HH]. The van der Waals surface area contributed by atoms with Gasteiger partial charge in [-0.15, -0.1) is 0 Å². The summed E-state index contributed by atoms with van der Waals surface area (Å²) in [5, 5.41) is 7.20. The molecule has 1 fully saturated rings. The van der Waals surface area contributed by atoms with E-state index in [4.69, 9.17) is 5.73 Å². The van der Waals surface area contributed by atoms with Crippen molar-refractivity contribution in [2.45, 2.75) is 32.0 Å². The summed E-state index contributed by atoms with van der Waals surface area (Å²) in [7, 11) is 0. The largest absolute Gasteiger partial charge is 0.418 e. The molecule has 6 nitrogen and oxygen atoms in total. The Morgan fingerprint density at radius 2 is 2.11 bits per heavy atom. The number of rotatable bonds is 4. The topological polar surface area (TPSA) is 83.7 Å². The highest BCUT2D eigenvalue weighted by Crippen LogP contribution is 2.39. The van der Waals surface area contributed by atoms with Gasteiger partial charge in [-0.3, -0.25) is 5.10 Å². The van der Waals surface area contributed by atoms with E-state index in [9.17, 15) is 13.2 Å². The highest BCUT2D eigenvalue weighted by Gasteiger charge is 2.37. The van der Waals surface area contributed by atoms with Crippen LogP contribution in [0.4, 0.5) is 19.0 Å². The maximum absolute atomic E-state index is 13.7. The third-order valence-electron chi connectivity index (χ3n) is 5.23. The number of hydrogen-bond donors (Lipinski definition) is 2. The molecule has 0 aliphatic carbocycles. The number of aromatic amines is 1. The quantitative estimate of drug-likeness (QED) is 0.655. The van der Waals surface area contributed by atoms with Crippen molar-refractivity contribution in [1.82, 2.24) is 20.2 Å². The lowest BCUT2D eigenvalue weighted by Crippen LogP contribution is -2.29. The Labute approximate surface area is 167 Å². The fourth-order valence-electron chi connectivity index (χ4n) is 3.83. The molecule has 2 atom stereocenters. The Hall–Kier alpha value is -2.68. The van der Waals surface area contributed by atoms with Crippen LogP contribution < -0.4 is 10.6 Å². The molecule has 1 saturated heterocycles. The number of pyridine rings is 2. The molecule has 0 radical (unpaired) electrons. The standard InChI is InChI=1S/C19H21F3N6.5H2/c1-2-4-11-9-28(10-14(11)23)15-7-6-13(19(20,21)22)17(25-15)16-12-5-3-8-24-18(12)27-26-16;;;;;/h3,5-8,11,14H,2,4,9-10,23H2,1H3,(H,24,26,27);5*1H/t11-,14+;;;;;/m0...../s1. The zero-order valence-electron chi connectivity index (χ0n) is 15.4. The second-order valence-corrected chi connectivity index (χ2v) is 7.15. The van der Waals surface area contributed by atoms with Gasteiger partial charge in [-0.2, -0.15) is 18.3 Å². The first-order valence-corrected chi connectivity index (χ1v) is 9.26. The van der Waals surface area contributed by atoms with E-state index in [1.54, 1.807) is 18.3 Å². The van der Waals surface area contributed by atoms with Crippen molar-refractivity contribution in [2.24, 2.45) is 11.7 Å². The smallest absolute Gasteiger partial charge is 0.355 e. The highest BCUT2D eigenvalue weighted by molar-refractivity contribution is 5.90. The molecular formula is C19H31F3N6. The van der Waals surface area contributed by atoms with Crippen molar-refractivity contribution in [3.63, 3.8) is 0 Å². The van der Waals surface area contributed by atoms with Crippen LogP contribution in [0.25, 0.3) is 22.4 Å². The van der Waals surface area contributed by atoms with Gasteiger partial charge in [0.15, 0.2) is 5.65 Å². The van der Waals surface area contributed by atoms with Gasteiger partial charge in [-0.25, -0.2) is 9.97 Å². The average molecular weight is 400 g/mol. The molecular weight excluding hydrogens is 369 g/mol. The van der Waals surface area contributed by atoms with Crippen molar-refractivity contribution in [3.05, 3.63) is 36.0 Å². The molecule has 3 N–H and O–H groups in total. The van der Waals surface area contributed by atoms with Gasteiger partial charge in [0.2, 0.25) is 0 Å². The van der Waals surface area contributed by atoms with Crippen molar-refractivity contribution in [3.8, 4) is 11.4 Å². The molecule has 0 unspecified atom stereocenters. The molecule has 1 aliphatic heterocycles. The number of hydrogen-bond acceptors (Lipinski definition) is 5. The highest BCUT2D eigenvalue weighted by atomic mass is 19.4. The van der Waals surface area contributed by atoms with E-state index in [1.807, 2.05) is 4.90 Å². The minimum absolute atomic E-state index is 0. The Morgan fingerprint density at radius 1 is 1.29 bits per heavy atom. The Kier molecular flexibility index (Phi) is 4.70. The Bertz CT molecular complexity index is 1000. The maximum atomic E-state index is 13.7. The molecule has 0 spiro atoms. The van der Waals surface area contributed by atoms with E-state index < -0.39 is 11.7 Å². The summed E-state index contributed by atoms with van der Waals surface area (Å²) in [6.07, 6.45) is -0.985. The molecule has 28 heavy (non-hydrogen) atoms. The third kappa shape index (κ3) is 3.30. The molecule has 1 aliphatic rings. The van der Waals surface area contributed by atoms with E-state index >= 15 is 0 Å². The summed E-state index contributed by atoms with van der Waals surface area (Å²) in [6, 6.07) is 5.83. The predicted octanol–water partition coefficient (Wildman–Crippen LogP) is 4.83. The van der Waals surface area contributed by atoms with Crippen LogP contribution in [0, 0.1) is 5.92 Å². The molecule has 0 amide bonds. The predicted molar refractivity (Wildman–Crippen MR) is 111 cm³/mol. The molecule has 4 heterocycles. The van der Waals surface area contributed by atoms with Gasteiger partial charge in [0, 0.05) is 37.8 Å². The van der Waals surface area contributed by atoms with Gasteiger partial charge < -0.3 is 10.6 Å². The van der Waals surface area contributed by atoms with E-state index in [0.29, 0.717) is 35.9 Å². The second kappa shape index (κ2) is 7.05. The van der Waals surface area contributed by atoms with E-state index in [0.717, 1.165) is 18.9 Å². The van der Waals surface area contributed by atoms with Gasteiger partial charge in [-0.1, -0.05) is 13.3 Å². The molecule has 3 aromatic rings. The van der Waals surface area contributed by atoms with Gasteiger partial charge in [0.05, 0.1) is 11.3 Å². The van der Waals surface area contributed by atoms with Crippen molar-refractivity contribution >= 4 is 16.9 Å². The molecule has 9 heteroatoms. The van der Waals surface area contributed by atoms with Gasteiger partial charge >= 0.3 is 6.18 Å². The number of nitrogens with two attached hydrogens (primary N) is 1. The van der Waals surface area contributed by atoms with Gasteiger partial charge in [0.1, 0.15) is 11.5 Å². The normalized spacial score (nSPS) is 20.2. The number of alkyl halides is 3.